The molecule has 0 aromatic carbocycles. The number of hydrogen-bond donors (Lipinski definition) is 3. The molecule has 4 N–H and O–H groups in total. The molecule has 1 aliphatic rings. The van der Waals surface area contributed by atoms with E-state index in [1.54, 1.807) is 7.11 Å². The topological polar surface area (TPSA) is 105 Å². The zero-order chi connectivity index (χ0) is 12.8. The molecule has 0 aromatic rings. The lowest BCUT2D eigenvalue weighted by Crippen LogP contribution is -2.47. The average molecular weight is 245 g/mol. The van der Waals surface area contributed by atoms with Gasteiger partial charge in [0.25, 0.3) is 0 Å². The molecule has 7 heteroatoms. The second-order valence-corrected chi connectivity index (χ2v) is 4.02. The normalized spacial score (nSPS) is 24.0. The minimum atomic E-state index is -0.693. The number of carbonyl (C=O) groups is 2. The molecule has 0 saturated carbocycles. The molecule has 1 rings (SSSR count). The number of β-amino-alcohol motifs (C(OH)–C–C–N with tert-alkyl or cyclic N) is 1. The largest absolute Gasteiger partial charge is 0.391 e. The van der Waals surface area contributed by atoms with E-state index in [2.05, 4.69) is 5.32 Å². The fourth-order valence-electron chi connectivity index (χ4n) is 1.83. The number of aliphatic hydroxyl groups is 1. The van der Waals surface area contributed by atoms with Gasteiger partial charge in [-0.05, 0) is 0 Å². The third-order valence-electron chi connectivity index (χ3n) is 2.69. The Labute approximate surface area is 99.9 Å². The van der Waals surface area contributed by atoms with Crippen molar-refractivity contribution in [2.75, 3.05) is 33.4 Å². The molecular formula is C10H19N3O4. The summed E-state index contributed by atoms with van der Waals surface area (Å²) in [4.78, 5) is 24.2. The van der Waals surface area contributed by atoms with Gasteiger partial charge >= 0.3 is 0 Å². The third kappa shape index (κ3) is 3.95. The van der Waals surface area contributed by atoms with Crippen molar-refractivity contribution in [3.05, 3.63) is 0 Å². The molecule has 0 aliphatic carbocycles. The Morgan fingerprint density at radius 1 is 1.59 bits per heavy atom. The van der Waals surface area contributed by atoms with Crippen LogP contribution in [0.5, 0.6) is 0 Å². The first-order chi connectivity index (χ1) is 8.06. The fourth-order valence-corrected chi connectivity index (χ4v) is 1.83. The van der Waals surface area contributed by atoms with E-state index in [1.807, 2.05) is 0 Å². The van der Waals surface area contributed by atoms with Gasteiger partial charge in [0, 0.05) is 26.6 Å². The van der Waals surface area contributed by atoms with Crippen LogP contribution in [-0.4, -0.2) is 67.3 Å². The van der Waals surface area contributed by atoms with Crippen molar-refractivity contribution in [2.24, 2.45) is 5.73 Å². The second kappa shape index (κ2) is 6.53. The molecule has 1 aliphatic heterocycles. The number of hydrogen-bond acceptors (Lipinski definition) is 5. The van der Waals surface area contributed by atoms with Crippen LogP contribution in [0.2, 0.25) is 0 Å². The zero-order valence-corrected chi connectivity index (χ0v) is 9.89. The second-order valence-electron chi connectivity index (χ2n) is 4.02. The quantitative estimate of drug-likeness (QED) is 0.455. The molecule has 0 spiro atoms. The van der Waals surface area contributed by atoms with E-state index in [0.29, 0.717) is 13.2 Å². The highest BCUT2D eigenvalue weighted by molar-refractivity contribution is 5.88. The van der Waals surface area contributed by atoms with E-state index in [1.165, 1.54) is 4.90 Å². The number of nitrogens with one attached hydrogen (secondary N) is 1. The summed E-state index contributed by atoms with van der Waals surface area (Å²) < 4.78 is 4.82. The van der Waals surface area contributed by atoms with Crippen LogP contribution >= 0.6 is 0 Å². The number of amides is 2. The van der Waals surface area contributed by atoms with Crippen LogP contribution in [0.3, 0.4) is 0 Å². The first-order valence-corrected chi connectivity index (χ1v) is 5.52. The Kier molecular flexibility index (Phi) is 5.33. The lowest BCUT2D eigenvalue weighted by Gasteiger charge is -2.21. The van der Waals surface area contributed by atoms with Crippen molar-refractivity contribution in [1.29, 1.82) is 0 Å². The molecule has 98 valence electrons. The maximum atomic E-state index is 11.8. The number of rotatable bonds is 6. The zero-order valence-electron chi connectivity index (χ0n) is 9.89. The molecule has 1 saturated heterocycles. The highest BCUT2D eigenvalue weighted by atomic mass is 16.5. The van der Waals surface area contributed by atoms with Crippen LogP contribution in [0.4, 0.5) is 0 Å². The van der Waals surface area contributed by atoms with Crippen LogP contribution < -0.4 is 11.1 Å². The van der Waals surface area contributed by atoms with E-state index in [0.717, 1.165) is 0 Å². The predicted molar refractivity (Wildman–Crippen MR) is 60.1 cm³/mol. The van der Waals surface area contributed by atoms with Gasteiger partial charge in [-0.25, -0.2) is 0 Å². The predicted octanol–water partition coefficient (Wildman–Crippen LogP) is -2.33. The SMILES string of the molecule is COCCNCC(=O)N1CC(O)CC1C(N)=O. The van der Waals surface area contributed by atoms with Crippen LogP contribution in [-0.2, 0) is 14.3 Å². The monoisotopic (exact) mass is 245 g/mol. The Bertz CT molecular complexity index is 285. The third-order valence-corrected chi connectivity index (χ3v) is 2.69. The highest BCUT2D eigenvalue weighted by Crippen LogP contribution is 2.17. The van der Waals surface area contributed by atoms with Crippen molar-refractivity contribution in [3.63, 3.8) is 0 Å². The molecule has 2 atom stereocenters. The summed E-state index contributed by atoms with van der Waals surface area (Å²) in [6, 6.07) is -0.693. The van der Waals surface area contributed by atoms with E-state index in [4.69, 9.17) is 10.5 Å². The number of nitrogens with two attached hydrogens (primary N) is 1. The van der Waals surface area contributed by atoms with Gasteiger partial charge in [-0.1, -0.05) is 0 Å². The number of ether oxygens (including phenoxy) is 1. The summed E-state index contributed by atoms with van der Waals surface area (Å²) in [5, 5.41) is 12.3. The molecule has 7 nitrogen and oxygen atoms in total. The Balaban J connectivity index is 2.41. The van der Waals surface area contributed by atoms with E-state index < -0.39 is 18.1 Å². The summed E-state index contributed by atoms with van der Waals surface area (Å²) in [6.07, 6.45) is -0.450. The molecule has 0 aromatic heterocycles. The maximum Gasteiger partial charge on any atom is 0.240 e. The Morgan fingerprint density at radius 2 is 2.29 bits per heavy atom. The standard InChI is InChI=1S/C10H19N3O4/c1-17-3-2-12-5-9(15)13-6-7(14)4-8(13)10(11)16/h7-8,12,14H,2-6H2,1H3,(H2,11,16). The first-order valence-electron chi connectivity index (χ1n) is 5.52. The van der Waals surface area contributed by atoms with Crippen molar-refractivity contribution < 1.29 is 19.4 Å². The van der Waals surface area contributed by atoms with Crippen molar-refractivity contribution in [2.45, 2.75) is 18.6 Å². The number of primary amides is 1. The molecule has 2 amide bonds. The molecule has 2 unspecified atom stereocenters. The van der Waals surface area contributed by atoms with Crippen molar-refractivity contribution in [3.8, 4) is 0 Å². The van der Waals surface area contributed by atoms with Gasteiger partial charge in [0.1, 0.15) is 6.04 Å². The smallest absolute Gasteiger partial charge is 0.240 e. The van der Waals surface area contributed by atoms with Gasteiger partial charge in [-0.3, -0.25) is 9.59 Å². The Morgan fingerprint density at radius 3 is 2.88 bits per heavy atom. The number of methoxy groups -OCH3 is 1. The van der Waals surface area contributed by atoms with E-state index in [9.17, 15) is 14.7 Å². The van der Waals surface area contributed by atoms with Gasteiger partial charge in [0.15, 0.2) is 0 Å². The van der Waals surface area contributed by atoms with E-state index in [-0.39, 0.29) is 25.4 Å². The first kappa shape index (κ1) is 13.9. The summed E-state index contributed by atoms with van der Waals surface area (Å²) in [5.74, 6) is -0.812. The van der Waals surface area contributed by atoms with Gasteiger partial charge in [0.2, 0.25) is 11.8 Å². The Hall–Kier alpha value is -1.18. The van der Waals surface area contributed by atoms with Crippen LogP contribution in [0.25, 0.3) is 0 Å². The summed E-state index contributed by atoms with van der Waals surface area (Å²) in [7, 11) is 1.57. The van der Waals surface area contributed by atoms with Crippen LogP contribution in [0, 0.1) is 0 Å². The molecule has 0 bridgehead atoms. The van der Waals surface area contributed by atoms with Gasteiger partial charge in [0.05, 0.1) is 19.3 Å². The molecule has 1 fully saturated rings. The molecule has 0 radical (unpaired) electrons. The van der Waals surface area contributed by atoms with Crippen LogP contribution in [0.15, 0.2) is 0 Å². The summed E-state index contributed by atoms with van der Waals surface area (Å²) in [5.41, 5.74) is 5.18. The number of aliphatic hydroxyl groups excluding tert-OH is 1. The maximum absolute atomic E-state index is 11.8. The minimum Gasteiger partial charge on any atom is -0.391 e. The number of likely N-dealkylation sites (tertiary alicyclic amines) is 1. The van der Waals surface area contributed by atoms with Gasteiger partial charge in [-0.15, -0.1) is 0 Å². The summed E-state index contributed by atoms with van der Waals surface area (Å²) in [6.45, 7) is 1.34. The molecule has 1 heterocycles. The highest BCUT2D eigenvalue weighted by Gasteiger charge is 2.37. The number of carbonyl (C=O) groups excluding carboxylic acids is 2. The van der Waals surface area contributed by atoms with Crippen molar-refractivity contribution in [1.82, 2.24) is 10.2 Å². The lowest BCUT2D eigenvalue weighted by atomic mass is 10.2. The molecule has 17 heavy (non-hydrogen) atoms. The number of nitrogens with zero attached hydrogens (tertiary/aromatic N) is 1. The minimum absolute atomic E-state index is 0.111. The van der Waals surface area contributed by atoms with E-state index >= 15 is 0 Å². The van der Waals surface area contributed by atoms with Crippen molar-refractivity contribution >= 4 is 11.8 Å². The lowest BCUT2D eigenvalue weighted by molar-refractivity contribution is -0.136. The fraction of sp³-hybridized carbons (Fsp3) is 0.800. The summed E-state index contributed by atoms with van der Waals surface area (Å²) >= 11 is 0. The van der Waals surface area contributed by atoms with Crippen LogP contribution in [0.1, 0.15) is 6.42 Å². The van der Waals surface area contributed by atoms with Gasteiger partial charge < -0.3 is 25.8 Å². The molecular weight excluding hydrogens is 226 g/mol. The average Bonchev–Trinajstić information content (AvgIpc) is 2.66. The van der Waals surface area contributed by atoms with Gasteiger partial charge in [-0.2, -0.15) is 0 Å².